The monoisotopic (exact) mass is 413 g/mol. The summed E-state index contributed by atoms with van der Waals surface area (Å²) in [5.41, 5.74) is 2.32. The molecule has 0 fully saturated rings. The van der Waals surface area contributed by atoms with Crippen LogP contribution in [0.3, 0.4) is 0 Å². The summed E-state index contributed by atoms with van der Waals surface area (Å²) in [6.45, 7) is 1.04. The van der Waals surface area contributed by atoms with E-state index in [1.165, 1.54) is 0 Å². The number of benzene rings is 2. The van der Waals surface area contributed by atoms with Crippen LogP contribution in [0.5, 0.6) is 0 Å². The van der Waals surface area contributed by atoms with Crippen molar-refractivity contribution in [1.82, 2.24) is 15.1 Å². The van der Waals surface area contributed by atoms with Crippen molar-refractivity contribution in [1.29, 1.82) is 0 Å². The number of nitrogens with zero attached hydrogens (tertiary/aromatic N) is 2. The van der Waals surface area contributed by atoms with Crippen LogP contribution < -0.4 is 5.32 Å². The van der Waals surface area contributed by atoms with Gasteiger partial charge in [-0.25, -0.2) is 9.48 Å². The standard InChI is InChI=1S/C21H20ClN3O4/c1-14-17(19(22)25(24-14)16-10-6-3-7-11-16)13-29-21(28)18(12-26)23-20(27)15-8-4-2-5-9-15/h2-11,18,26H,12-13H2,1H3,(H,23,27). The lowest BCUT2D eigenvalue weighted by molar-refractivity contribution is -0.148. The van der Waals surface area contributed by atoms with Gasteiger partial charge in [-0.05, 0) is 31.2 Å². The van der Waals surface area contributed by atoms with Crippen LogP contribution in [0, 0.1) is 6.92 Å². The molecule has 1 amide bonds. The van der Waals surface area contributed by atoms with Crippen molar-refractivity contribution in [3.05, 3.63) is 82.6 Å². The van der Waals surface area contributed by atoms with Gasteiger partial charge in [-0.15, -0.1) is 0 Å². The van der Waals surface area contributed by atoms with Gasteiger partial charge < -0.3 is 15.2 Å². The topological polar surface area (TPSA) is 93.5 Å². The Morgan fingerprint density at radius 2 is 1.76 bits per heavy atom. The van der Waals surface area contributed by atoms with E-state index in [0.717, 1.165) is 5.69 Å². The van der Waals surface area contributed by atoms with Crippen molar-refractivity contribution in [3.8, 4) is 5.69 Å². The summed E-state index contributed by atoms with van der Waals surface area (Å²) in [6, 6.07) is 16.5. The highest BCUT2D eigenvalue weighted by Gasteiger charge is 2.24. The first kappa shape index (κ1) is 20.6. The highest BCUT2D eigenvalue weighted by molar-refractivity contribution is 6.30. The molecule has 1 unspecified atom stereocenters. The van der Waals surface area contributed by atoms with Gasteiger partial charge in [0, 0.05) is 11.1 Å². The fourth-order valence-electron chi connectivity index (χ4n) is 2.69. The van der Waals surface area contributed by atoms with Crippen LogP contribution in [-0.4, -0.2) is 39.4 Å². The highest BCUT2D eigenvalue weighted by Crippen LogP contribution is 2.24. The molecule has 0 spiro atoms. The van der Waals surface area contributed by atoms with Gasteiger partial charge in [0.15, 0.2) is 6.04 Å². The summed E-state index contributed by atoms with van der Waals surface area (Å²) in [5, 5.41) is 16.7. The summed E-state index contributed by atoms with van der Waals surface area (Å²) in [7, 11) is 0. The molecule has 150 valence electrons. The van der Waals surface area contributed by atoms with Crippen LogP contribution in [0.1, 0.15) is 21.6 Å². The van der Waals surface area contributed by atoms with Crippen LogP contribution in [-0.2, 0) is 16.1 Å². The number of hydrogen-bond donors (Lipinski definition) is 2. The maximum Gasteiger partial charge on any atom is 0.331 e. The summed E-state index contributed by atoms with van der Waals surface area (Å²) in [5.74, 6) is -1.24. The molecule has 3 aromatic rings. The van der Waals surface area contributed by atoms with Gasteiger partial charge in [0.2, 0.25) is 0 Å². The van der Waals surface area contributed by atoms with E-state index in [1.807, 2.05) is 30.3 Å². The van der Waals surface area contributed by atoms with Crippen LogP contribution >= 0.6 is 11.6 Å². The maximum atomic E-state index is 12.3. The van der Waals surface area contributed by atoms with Gasteiger partial charge in [-0.2, -0.15) is 5.10 Å². The van der Waals surface area contributed by atoms with E-state index in [4.69, 9.17) is 16.3 Å². The molecule has 29 heavy (non-hydrogen) atoms. The van der Waals surface area contributed by atoms with Crippen LogP contribution in [0.15, 0.2) is 60.7 Å². The molecule has 1 heterocycles. The second-order valence-corrected chi connectivity index (χ2v) is 6.64. The Hall–Kier alpha value is -3.16. The first-order valence-electron chi connectivity index (χ1n) is 8.94. The predicted molar refractivity (Wildman–Crippen MR) is 108 cm³/mol. The number of para-hydroxylation sites is 1. The average Bonchev–Trinajstić information content (AvgIpc) is 3.04. The third-order valence-corrected chi connectivity index (χ3v) is 4.68. The molecule has 0 saturated carbocycles. The number of amides is 1. The third-order valence-electron chi connectivity index (χ3n) is 4.29. The number of rotatable bonds is 7. The van der Waals surface area contributed by atoms with Crippen molar-refractivity contribution in [3.63, 3.8) is 0 Å². The number of halogens is 1. The smallest absolute Gasteiger partial charge is 0.331 e. The molecule has 2 N–H and O–H groups in total. The molecule has 1 aromatic heterocycles. The van der Waals surface area contributed by atoms with E-state index in [1.54, 1.807) is 41.9 Å². The fourth-order valence-corrected chi connectivity index (χ4v) is 3.02. The summed E-state index contributed by atoms with van der Waals surface area (Å²) < 4.78 is 6.83. The molecule has 0 saturated heterocycles. The normalized spacial score (nSPS) is 11.7. The minimum atomic E-state index is -1.19. The molecule has 1 atom stereocenters. The van der Waals surface area contributed by atoms with Gasteiger partial charge in [0.1, 0.15) is 11.8 Å². The van der Waals surface area contributed by atoms with E-state index in [9.17, 15) is 14.7 Å². The molecule has 2 aromatic carbocycles. The zero-order chi connectivity index (χ0) is 20.8. The molecule has 0 aliphatic rings. The number of aliphatic hydroxyl groups excluding tert-OH is 1. The predicted octanol–water partition coefficient (Wildman–Crippen LogP) is 2.67. The number of aryl methyl sites for hydroxylation is 1. The summed E-state index contributed by atoms with van der Waals surface area (Å²) in [6.07, 6.45) is 0. The van der Waals surface area contributed by atoms with Gasteiger partial charge in [-0.3, -0.25) is 4.79 Å². The number of ether oxygens (including phenoxy) is 1. The number of aliphatic hydroxyl groups is 1. The molecule has 7 nitrogen and oxygen atoms in total. The number of aromatic nitrogens is 2. The summed E-state index contributed by atoms with van der Waals surface area (Å²) in [4.78, 5) is 24.5. The zero-order valence-corrected chi connectivity index (χ0v) is 16.5. The average molecular weight is 414 g/mol. The molecular weight excluding hydrogens is 394 g/mol. The van der Waals surface area contributed by atoms with E-state index in [-0.39, 0.29) is 6.61 Å². The molecule has 8 heteroatoms. The number of nitrogens with one attached hydrogen (secondary N) is 1. The first-order chi connectivity index (χ1) is 14.0. The maximum absolute atomic E-state index is 12.3. The Balaban J connectivity index is 1.66. The minimum absolute atomic E-state index is 0.131. The molecule has 0 radical (unpaired) electrons. The second-order valence-electron chi connectivity index (χ2n) is 6.28. The molecule has 3 rings (SSSR count). The lowest BCUT2D eigenvalue weighted by Gasteiger charge is -2.15. The van der Waals surface area contributed by atoms with Crippen molar-refractivity contribution < 1.29 is 19.4 Å². The van der Waals surface area contributed by atoms with E-state index in [0.29, 0.717) is 22.0 Å². The van der Waals surface area contributed by atoms with Crippen molar-refractivity contribution in [2.75, 3.05) is 6.61 Å². The summed E-state index contributed by atoms with van der Waals surface area (Å²) >= 11 is 6.42. The molecular formula is C21H20ClN3O4. The Morgan fingerprint density at radius 3 is 2.38 bits per heavy atom. The molecule has 0 bridgehead atoms. The Morgan fingerprint density at radius 1 is 1.14 bits per heavy atom. The molecule has 0 aliphatic heterocycles. The quantitative estimate of drug-likeness (QED) is 0.581. The number of carbonyl (C=O) groups is 2. The van der Waals surface area contributed by atoms with E-state index >= 15 is 0 Å². The Labute approximate surface area is 172 Å². The Bertz CT molecular complexity index is 990. The first-order valence-corrected chi connectivity index (χ1v) is 9.32. The SMILES string of the molecule is Cc1nn(-c2ccccc2)c(Cl)c1COC(=O)C(CO)NC(=O)c1ccccc1. The van der Waals surface area contributed by atoms with Gasteiger partial charge in [-0.1, -0.05) is 48.0 Å². The zero-order valence-electron chi connectivity index (χ0n) is 15.7. The Kier molecular flexibility index (Phi) is 6.64. The number of carbonyl (C=O) groups excluding carboxylic acids is 2. The highest BCUT2D eigenvalue weighted by atomic mass is 35.5. The lowest BCUT2D eigenvalue weighted by Crippen LogP contribution is -2.44. The van der Waals surface area contributed by atoms with Gasteiger partial charge in [0.05, 0.1) is 18.0 Å². The van der Waals surface area contributed by atoms with E-state index in [2.05, 4.69) is 10.4 Å². The largest absolute Gasteiger partial charge is 0.459 e. The van der Waals surface area contributed by atoms with Crippen LogP contribution in [0.4, 0.5) is 0 Å². The molecule has 0 aliphatic carbocycles. The third kappa shape index (κ3) is 4.82. The van der Waals surface area contributed by atoms with Crippen molar-refractivity contribution >= 4 is 23.5 Å². The fraction of sp³-hybridized carbons (Fsp3) is 0.190. The van der Waals surface area contributed by atoms with Gasteiger partial charge >= 0.3 is 5.97 Å². The second kappa shape index (κ2) is 9.36. The van der Waals surface area contributed by atoms with E-state index < -0.39 is 24.5 Å². The lowest BCUT2D eigenvalue weighted by atomic mass is 10.2. The number of hydrogen-bond acceptors (Lipinski definition) is 5. The van der Waals surface area contributed by atoms with Crippen LogP contribution in [0.2, 0.25) is 5.15 Å². The minimum Gasteiger partial charge on any atom is -0.459 e. The number of esters is 1. The van der Waals surface area contributed by atoms with Crippen molar-refractivity contribution in [2.45, 2.75) is 19.6 Å². The van der Waals surface area contributed by atoms with Gasteiger partial charge in [0.25, 0.3) is 5.91 Å². The van der Waals surface area contributed by atoms with Crippen molar-refractivity contribution in [2.24, 2.45) is 0 Å². The van der Waals surface area contributed by atoms with Crippen LogP contribution in [0.25, 0.3) is 5.69 Å².